The molecule has 3 N–H and O–H groups in total. The zero-order chi connectivity index (χ0) is 18.7. The predicted molar refractivity (Wildman–Crippen MR) is 98.5 cm³/mol. The maximum absolute atomic E-state index is 12.5. The SMILES string of the molecule is NC(=O)NC(=O)CN1C(=O)CN=C(c2ccccc2)c2cc(Cl)ccc21. The fourth-order valence-corrected chi connectivity index (χ4v) is 2.89. The molecular weight excluding hydrogens is 356 g/mol. The first-order chi connectivity index (χ1) is 12.5. The van der Waals surface area contributed by atoms with E-state index >= 15 is 0 Å². The molecule has 3 rings (SSSR count). The van der Waals surface area contributed by atoms with E-state index in [0.717, 1.165) is 5.56 Å². The summed E-state index contributed by atoms with van der Waals surface area (Å²) in [7, 11) is 0. The number of fused-ring (bicyclic) bond motifs is 1. The number of benzodiazepines with no additional fused rings is 1. The van der Waals surface area contributed by atoms with Crippen molar-refractivity contribution in [2.75, 3.05) is 18.0 Å². The van der Waals surface area contributed by atoms with Gasteiger partial charge in [0.05, 0.1) is 11.4 Å². The number of rotatable bonds is 3. The quantitative estimate of drug-likeness (QED) is 0.859. The number of nitrogens with zero attached hydrogens (tertiary/aromatic N) is 2. The van der Waals surface area contributed by atoms with Gasteiger partial charge < -0.3 is 10.6 Å². The van der Waals surface area contributed by atoms with Crippen LogP contribution in [0.2, 0.25) is 5.02 Å². The summed E-state index contributed by atoms with van der Waals surface area (Å²) in [5, 5.41) is 2.43. The highest BCUT2D eigenvalue weighted by Crippen LogP contribution is 2.29. The molecule has 1 aliphatic rings. The highest BCUT2D eigenvalue weighted by atomic mass is 35.5. The van der Waals surface area contributed by atoms with Crippen molar-refractivity contribution in [3.8, 4) is 0 Å². The van der Waals surface area contributed by atoms with Crippen molar-refractivity contribution < 1.29 is 14.4 Å². The summed E-state index contributed by atoms with van der Waals surface area (Å²) in [5.74, 6) is -1.06. The standard InChI is InChI=1S/C18H15ClN4O3/c19-12-6-7-14-13(8-12)17(11-4-2-1-3-5-11)21-9-16(25)23(14)10-15(24)22-18(20)26/h1-8H,9-10H2,(H3,20,22,24,26). The average molecular weight is 371 g/mol. The van der Waals surface area contributed by atoms with E-state index in [-0.39, 0.29) is 19.0 Å². The number of hydrogen-bond acceptors (Lipinski definition) is 4. The van der Waals surface area contributed by atoms with Gasteiger partial charge in [-0.25, -0.2) is 4.79 Å². The molecule has 0 spiro atoms. The maximum atomic E-state index is 12.5. The van der Waals surface area contributed by atoms with Gasteiger partial charge in [0.25, 0.3) is 0 Å². The first kappa shape index (κ1) is 17.6. The number of hydrogen-bond donors (Lipinski definition) is 2. The summed E-state index contributed by atoms with van der Waals surface area (Å²) < 4.78 is 0. The van der Waals surface area contributed by atoms with Crippen LogP contribution in [0.25, 0.3) is 0 Å². The van der Waals surface area contributed by atoms with Crippen LogP contribution in [0.4, 0.5) is 10.5 Å². The van der Waals surface area contributed by atoms with Crippen LogP contribution in [0.15, 0.2) is 53.5 Å². The Morgan fingerprint density at radius 1 is 1.19 bits per heavy atom. The van der Waals surface area contributed by atoms with Crippen LogP contribution in [0.3, 0.4) is 0 Å². The average Bonchev–Trinajstić information content (AvgIpc) is 2.72. The number of urea groups is 1. The number of primary amides is 1. The van der Waals surface area contributed by atoms with Crippen molar-refractivity contribution in [2.24, 2.45) is 10.7 Å². The number of carbonyl (C=O) groups excluding carboxylic acids is 3. The normalized spacial score (nSPS) is 13.5. The molecule has 2 aromatic rings. The molecule has 26 heavy (non-hydrogen) atoms. The first-order valence-corrected chi connectivity index (χ1v) is 8.13. The molecule has 0 fully saturated rings. The summed E-state index contributed by atoms with van der Waals surface area (Å²) in [4.78, 5) is 41.0. The molecule has 0 aliphatic carbocycles. The van der Waals surface area contributed by atoms with Gasteiger partial charge in [0.15, 0.2) is 0 Å². The van der Waals surface area contributed by atoms with E-state index in [2.05, 4.69) is 4.99 Å². The number of anilines is 1. The molecule has 1 heterocycles. The zero-order valence-electron chi connectivity index (χ0n) is 13.6. The lowest BCUT2D eigenvalue weighted by molar-refractivity contribution is -0.122. The Labute approximate surface area is 154 Å². The molecule has 4 amide bonds. The monoisotopic (exact) mass is 370 g/mol. The van der Waals surface area contributed by atoms with E-state index in [9.17, 15) is 14.4 Å². The summed E-state index contributed by atoms with van der Waals surface area (Å²) in [6, 6.07) is 13.4. The topological polar surface area (TPSA) is 105 Å². The van der Waals surface area contributed by atoms with Crippen LogP contribution < -0.4 is 16.0 Å². The van der Waals surface area contributed by atoms with E-state index < -0.39 is 11.9 Å². The smallest absolute Gasteiger partial charge is 0.318 e. The lowest BCUT2D eigenvalue weighted by Crippen LogP contribution is -2.45. The summed E-state index contributed by atoms with van der Waals surface area (Å²) >= 11 is 6.14. The Balaban J connectivity index is 2.06. The van der Waals surface area contributed by atoms with Crippen LogP contribution in [-0.4, -0.2) is 36.6 Å². The van der Waals surface area contributed by atoms with Gasteiger partial charge in [-0.3, -0.25) is 19.9 Å². The minimum Gasteiger partial charge on any atom is -0.351 e. The largest absolute Gasteiger partial charge is 0.351 e. The second-order valence-corrected chi connectivity index (χ2v) is 6.02. The van der Waals surface area contributed by atoms with E-state index in [1.54, 1.807) is 18.2 Å². The summed E-state index contributed by atoms with van der Waals surface area (Å²) in [6.07, 6.45) is 0. The van der Waals surface area contributed by atoms with E-state index in [4.69, 9.17) is 17.3 Å². The fourth-order valence-electron chi connectivity index (χ4n) is 2.72. The van der Waals surface area contributed by atoms with E-state index in [1.807, 2.05) is 35.6 Å². The molecule has 132 valence electrons. The van der Waals surface area contributed by atoms with Crippen molar-refractivity contribution in [3.05, 3.63) is 64.7 Å². The number of amides is 4. The Morgan fingerprint density at radius 2 is 1.92 bits per heavy atom. The third-order valence-electron chi connectivity index (χ3n) is 3.79. The van der Waals surface area contributed by atoms with Crippen LogP contribution in [0.1, 0.15) is 11.1 Å². The lowest BCUT2D eigenvalue weighted by atomic mass is 10.00. The molecule has 1 aliphatic heterocycles. The molecule has 8 heteroatoms. The van der Waals surface area contributed by atoms with Crippen molar-refractivity contribution in [2.45, 2.75) is 0 Å². The zero-order valence-corrected chi connectivity index (χ0v) is 14.4. The van der Waals surface area contributed by atoms with Gasteiger partial charge in [0.2, 0.25) is 11.8 Å². The van der Waals surface area contributed by atoms with Crippen LogP contribution >= 0.6 is 11.6 Å². The van der Waals surface area contributed by atoms with Crippen LogP contribution in [0, 0.1) is 0 Å². The number of benzene rings is 2. The Kier molecular flexibility index (Phi) is 4.99. The minimum absolute atomic E-state index is 0.139. The van der Waals surface area contributed by atoms with Crippen molar-refractivity contribution in [3.63, 3.8) is 0 Å². The number of nitrogens with two attached hydrogens (primary N) is 1. The highest BCUT2D eigenvalue weighted by Gasteiger charge is 2.27. The van der Waals surface area contributed by atoms with Gasteiger partial charge in [-0.2, -0.15) is 0 Å². The Bertz CT molecular complexity index is 912. The molecule has 0 bridgehead atoms. The first-order valence-electron chi connectivity index (χ1n) is 7.75. The number of carbonyl (C=O) groups is 3. The second kappa shape index (κ2) is 7.37. The third kappa shape index (κ3) is 3.73. The molecule has 0 atom stereocenters. The van der Waals surface area contributed by atoms with Crippen molar-refractivity contribution in [1.29, 1.82) is 0 Å². The molecule has 0 saturated carbocycles. The molecular formula is C18H15ClN4O3. The number of halogens is 1. The van der Waals surface area contributed by atoms with E-state index in [1.165, 1.54) is 4.90 Å². The highest BCUT2D eigenvalue weighted by molar-refractivity contribution is 6.32. The molecule has 2 aromatic carbocycles. The molecule has 0 saturated heterocycles. The minimum atomic E-state index is -0.977. The molecule has 0 radical (unpaired) electrons. The van der Waals surface area contributed by atoms with E-state index in [0.29, 0.717) is 22.0 Å². The Hall–Kier alpha value is -3.19. The third-order valence-corrected chi connectivity index (χ3v) is 4.02. The van der Waals surface area contributed by atoms with Gasteiger partial charge in [0, 0.05) is 16.1 Å². The van der Waals surface area contributed by atoms with Crippen LogP contribution in [0.5, 0.6) is 0 Å². The second-order valence-electron chi connectivity index (χ2n) is 5.58. The molecule has 0 aromatic heterocycles. The molecule has 0 unspecified atom stereocenters. The van der Waals surface area contributed by atoms with Crippen molar-refractivity contribution >= 4 is 40.8 Å². The number of nitrogens with one attached hydrogen (secondary N) is 1. The molecule has 7 nitrogen and oxygen atoms in total. The number of imide groups is 1. The Morgan fingerprint density at radius 3 is 2.62 bits per heavy atom. The predicted octanol–water partition coefficient (Wildman–Crippen LogP) is 1.72. The van der Waals surface area contributed by atoms with Gasteiger partial charge >= 0.3 is 6.03 Å². The number of aliphatic imine (C=N–C) groups is 1. The maximum Gasteiger partial charge on any atom is 0.318 e. The fraction of sp³-hybridized carbons (Fsp3) is 0.111. The van der Waals surface area contributed by atoms with Gasteiger partial charge in [-0.1, -0.05) is 41.9 Å². The summed E-state index contributed by atoms with van der Waals surface area (Å²) in [6.45, 7) is -0.492. The lowest BCUT2D eigenvalue weighted by Gasteiger charge is -2.22. The summed E-state index contributed by atoms with van der Waals surface area (Å²) in [5.41, 5.74) is 7.51. The van der Waals surface area contributed by atoms with Gasteiger partial charge in [-0.15, -0.1) is 0 Å². The van der Waals surface area contributed by atoms with Gasteiger partial charge in [0.1, 0.15) is 13.1 Å². The van der Waals surface area contributed by atoms with Gasteiger partial charge in [-0.05, 0) is 18.2 Å². The van der Waals surface area contributed by atoms with Crippen LogP contribution in [-0.2, 0) is 9.59 Å². The van der Waals surface area contributed by atoms with Crippen molar-refractivity contribution in [1.82, 2.24) is 5.32 Å².